The van der Waals surface area contributed by atoms with Gasteiger partial charge in [0, 0.05) is 17.7 Å². The topological polar surface area (TPSA) is 88.2 Å². The Morgan fingerprint density at radius 3 is 2.65 bits per heavy atom. The number of aromatic nitrogens is 1. The highest BCUT2D eigenvalue weighted by molar-refractivity contribution is 7.45. The first-order valence-electron chi connectivity index (χ1n) is 8.08. The van der Waals surface area contributed by atoms with Crippen molar-refractivity contribution in [3.8, 4) is 10.4 Å². The third-order valence-electron chi connectivity index (χ3n) is 3.39. The molecule has 3 aromatic rings. The zero-order chi connectivity index (χ0) is 18.9. The van der Waals surface area contributed by atoms with E-state index in [-0.39, 0.29) is 12.5 Å². The number of anilines is 2. The van der Waals surface area contributed by atoms with Crippen LogP contribution in [0.5, 0.6) is 0 Å². The molecule has 4 N–H and O–H groups in total. The molecule has 0 saturated carbocycles. The maximum atomic E-state index is 12.4. The van der Waals surface area contributed by atoms with Crippen molar-refractivity contribution in [3.63, 3.8) is 0 Å². The molecular weight excluding hydrogens is 365 g/mol. The van der Waals surface area contributed by atoms with Crippen molar-refractivity contribution in [3.05, 3.63) is 59.6 Å². The number of nitrogens with two attached hydrogens (primary N) is 1. The van der Waals surface area contributed by atoms with Crippen LogP contribution in [0.1, 0.15) is 17.3 Å². The third kappa shape index (κ3) is 5.36. The van der Waals surface area contributed by atoms with Gasteiger partial charge in [-0.3, -0.25) is 9.78 Å². The van der Waals surface area contributed by atoms with Crippen LogP contribution in [0.3, 0.4) is 0 Å². The monoisotopic (exact) mass is 387 g/mol. The first-order chi connectivity index (χ1) is 12.6. The fourth-order valence-corrected chi connectivity index (χ4v) is 3.30. The molecule has 2 aromatic heterocycles. The van der Waals surface area contributed by atoms with Gasteiger partial charge in [0.2, 0.25) is 0 Å². The summed E-state index contributed by atoms with van der Waals surface area (Å²) in [6.07, 6.45) is 1.60. The number of benzene rings is 1. The number of thiophene rings is 1. The molecule has 1 unspecified atom stereocenters. The standard InChI is InChI=1S/C17H16N3OPS.C2H6O/c1-22-16-7-5-12(10-19-16)17(21)20-14-9-11(4-6-13(14)18)15-3-2-8-23-15;1-2-3/h2-10,22H,18H2,1H3,(H,20,21);3H,2H2,1H3. The summed E-state index contributed by atoms with van der Waals surface area (Å²) in [5.41, 5.74) is 9.68. The number of aliphatic hydroxyl groups is 1. The SMILES string of the molecule is CCO.CPc1ccc(C(=O)Nc2cc(-c3cccs3)ccc2N)cn1. The predicted molar refractivity (Wildman–Crippen MR) is 113 cm³/mol. The van der Waals surface area contributed by atoms with Crippen LogP contribution >= 0.6 is 19.9 Å². The molecule has 2 heterocycles. The molecule has 0 saturated heterocycles. The summed E-state index contributed by atoms with van der Waals surface area (Å²) in [7, 11) is 0.615. The van der Waals surface area contributed by atoms with Crippen LogP contribution in [-0.2, 0) is 0 Å². The van der Waals surface area contributed by atoms with Crippen molar-refractivity contribution in [1.82, 2.24) is 4.98 Å². The molecule has 0 aliphatic rings. The second-order valence-electron chi connectivity index (χ2n) is 5.23. The number of hydrogen-bond acceptors (Lipinski definition) is 5. The first kappa shape index (κ1) is 20.0. The normalized spacial score (nSPS) is 10.4. The zero-order valence-electron chi connectivity index (χ0n) is 14.7. The van der Waals surface area contributed by atoms with Gasteiger partial charge < -0.3 is 16.2 Å². The molecule has 3 rings (SSSR count). The number of amides is 1. The Morgan fingerprint density at radius 2 is 2.08 bits per heavy atom. The highest BCUT2D eigenvalue weighted by atomic mass is 32.1. The van der Waals surface area contributed by atoms with Crippen LogP contribution in [-0.4, -0.2) is 29.3 Å². The van der Waals surface area contributed by atoms with Gasteiger partial charge in [0.05, 0.1) is 22.4 Å². The molecule has 1 aromatic carbocycles. The van der Waals surface area contributed by atoms with Gasteiger partial charge in [-0.1, -0.05) is 20.7 Å². The number of nitrogens with one attached hydrogen (secondary N) is 1. The molecule has 1 amide bonds. The number of carbonyl (C=O) groups excluding carboxylic acids is 1. The van der Waals surface area contributed by atoms with Crippen LogP contribution in [0, 0.1) is 0 Å². The summed E-state index contributed by atoms with van der Waals surface area (Å²) < 4.78 is 0. The number of nitrogens with zero attached hydrogens (tertiary/aromatic N) is 1. The summed E-state index contributed by atoms with van der Waals surface area (Å²) in [6.45, 7) is 3.98. The molecule has 7 heteroatoms. The maximum absolute atomic E-state index is 12.4. The summed E-state index contributed by atoms with van der Waals surface area (Å²) >= 11 is 1.65. The predicted octanol–water partition coefficient (Wildman–Crippen LogP) is 3.58. The summed E-state index contributed by atoms with van der Waals surface area (Å²) in [5.74, 6) is -0.210. The molecule has 26 heavy (non-hydrogen) atoms. The lowest BCUT2D eigenvalue weighted by Crippen LogP contribution is -2.15. The third-order valence-corrected chi connectivity index (χ3v) is 5.12. The molecular formula is C19H22N3O2PS. The average Bonchev–Trinajstić information content (AvgIpc) is 3.19. The van der Waals surface area contributed by atoms with Gasteiger partial charge in [0.25, 0.3) is 5.91 Å². The van der Waals surface area contributed by atoms with Crippen molar-refractivity contribution in [2.45, 2.75) is 6.92 Å². The molecule has 0 aliphatic carbocycles. The second kappa shape index (κ2) is 10.0. The average molecular weight is 387 g/mol. The molecule has 0 fully saturated rings. The Morgan fingerprint density at radius 1 is 1.31 bits per heavy atom. The van der Waals surface area contributed by atoms with Crippen LogP contribution in [0.15, 0.2) is 54.0 Å². The Bertz CT molecular complexity index is 837. The van der Waals surface area contributed by atoms with Crippen molar-refractivity contribution in [1.29, 1.82) is 0 Å². The van der Waals surface area contributed by atoms with Gasteiger partial charge >= 0.3 is 0 Å². The number of pyridine rings is 1. The highest BCUT2D eigenvalue weighted by Gasteiger charge is 2.10. The minimum Gasteiger partial charge on any atom is -0.397 e. The maximum Gasteiger partial charge on any atom is 0.257 e. The van der Waals surface area contributed by atoms with E-state index in [1.807, 2.05) is 41.8 Å². The molecule has 0 radical (unpaired) electrons. The fraction of sp³-hybridized carbons (Fsp3) is 0.158. The van der Waals surface area contributed by atoms with Gasteiger partial charge in [-0.05, 0) is 54.9 Å². The minimum atomic E-state index is -0.210. The van der Waals surface area contributed by atoms with Crippen LogP contribution in [0.2, 0.25) is 0 Å². The highest BCUT2D eigenvalue weighted by Crippen LogP contribution is 2.30. The van der Waals surface area contributed by atoms with E-state index in [4.69, 9.17) is 10.8 Å². The van der Waals surface area contributed by atoms with E-state index < -0.39 is 0 Å². The number of carbonyl (C=O) groups is 1. The Hall–Kier alpha value is -2.27. The van der Waals surface area contributed by atoms with Crippen LogP contribution in [0.4, 0.5) is 11.4 Å². The number of aliphatic hydroxyl groups excluding tert-OH is 1. The van der Waals surface area contributed by atoms with E-state index in [2.05, 4.69) is 17.0 Å². The summed E-state index contributed by atoms with van der Waals surface area (Å²) in [4.78, 5) is 17.8. The molecule has 0 spiro atoms. The number of rotatable bonds is 4. The lowest BCUT2D eigenvalue weighted by molar-refractivity contribution is 0.102. The quantitative estimate of drug-likeness (QED) is 0.472. The lowest BCUT2D eigenvalue weighted by atomic mass is 10.1. The number of nitrogen functional groups attached to an aromatic ring is 1. The van der Waals surface area contributed by atoms with E-state index in [0.29, 0.717) is 25.5 Å². The second-order valence-corrected chi connectivity index (χ2v) is 7.19. The molecule has 136 valence electrons. The van der Waals surface area contributed by atoms with Gasteiger partial charge in [-0.25, -0.2) is 0 Å². The minimum absolute atomic E-state index is 0.210. The Labute approximate surface area is 159 Å². The molecule has 0 aliphatic heterocycles. The van der Waals surface area contributed by atoms with E-state index in [1.165, 1.54) is 0 Å². The molecule has 1 atom stereocenters. The van der Waals surface area contributed by atoms with E-state index >= 15 is 0 Å². The number of hydrogen-bond donors (Lipinski definition) is 3. The zero-order valence-corrected chi connectivity index (χ0v) is 16.5. The lowest BCUT2D eigenvalue weighted by Gasteiger charge is -2.10. The van der Waals surface area contributed by atoms with Gasteiger partial charge in [0.1, 0.15) is 0 Å². The van der Waals surface area contributed by atoms with Crippen molar-refractivity contribution in [2.75, 3.05) is 24.3 Å². The smallest absolute Gasteiger partial charge is 0.257 e. The van der Waals surface area contributed by atoms with Crippen LogP contribution < -0.4 is 16.5 Å². The van der Waals surface area contributed by atoms with Crippen LogP contribution in [0.25, 0.3) is 10.4 Å². The van der Waals surface area contributed by atoms with Gasteiger partial charge in [-0.2, -0.15) is 0 Å². The molecule has 0 bridgehead atoms. The Balaban J connectivity index is 0.000000758. The largest absolute Gasteiger partial charge is 0.397 e. The molecule has 5 nitrogen and oxygen atoms in total. The first-order valence-corrected chi connectivity index (χ1v) is 10.5. The van der Waals surface area contributed by atoms with E-state index in [0.717, 1.165) is 15.9 Å². The summed E-state index contributed by atoms with van der Waals surface area (Å²) in [5, 5.41) is 12.5. The van der Waals surface area contributed by atoms with Crippen molar-refractivity contribution >= 4 is 42.6 Å². The van der Waals surface area contributed by atoms with Gasteiger partial charge in [0.15, 0.2) is 0 Å². The van der Waals surface area contributed by atoms with Crippen molar-refractivity contribution < 1.29 is 9.90 Å². The fourth-order valence-electron chi connectivity index (χ4n) is 2.13. The van der Waals surface area contributed by atoms with E-state index in [9.17, 15) is 4.79 Å². The Kier molecular flexibility index (Phi) is 7.73. The van der Waals surface area contributed by atoms with Gasteiger partial charge in [-0.15, -0.1) is 11.3 Å². The van der Waals surface area contributed by atoms with Crippen molar-refractivity contribution in [2.24, 2.45) is 0 Å². The van der Waals surface area contributed by atoms with E-state index in [1.54, 1.807) is 30.5 Å². The summed E-state index contributed by atoms with van der Waals surface area (Å²) in [6, 6.07) is 13.4.